The lowest BCUT2D eigenvalue weighted by atomic mass is 10.2. The fraction of sp³-hybridized carbons (Fsp3) is 0.0556. The fourth-order valence-electron chi connectivity index (χ4n) is 2.33. The minimum absolute atomic E-state index is 0.371. The Labute approximate surface area is 134 Å². The Morgan fingerprint density at radius 1 is 1.14 bits per heavy atom. The van der Waals surface area contributed by atoms with Gasteiger partial charge in [0.05, 0.1) is 17.9 Å². The number of halogens is 1. The zero-order chi connectivity index (χ0) is 15.4. The highest BCUT2D eigenvalue weighted by Gasteiger charge is 2.11. The summed E-state index contributed by atoms with van der Waals surface area (Å²) < 4.78 is 1.98. The second-order valence-corrected chi connectivity index (χ2v) is 5.12. The standard InChI is InChI=1S/C18H14ClN3/c1-2-12-22-16-11-7-6-8-14(16)13-17(22)18(19)21-20-15-9-4-3-5-10-15/h1,3-11,13,20H,12H2/b21-18-. The maximum absolute atomic E-state index is 6.37. The number of anilines is 1. The monoisotopic (exact) mass is 307 g/mol. The summed E-state index contributed by atoms with van der Waals surface area (Å²) >= 11 is 6.37. The van der Waals surface area contributed by atoms with Gasteiger partial charge in [-0.15, -0.1) is 6.42 Å². The molecule has 0 aliphatic carbocycles. The van der Waals surface area contributed by atoms with E-state index in [1.807, 2.05) is 65.2 Å². The zero-order valence-corrected chi connectivity index (χ0v) is 12.6. The Hall–Kier alpha value is -2.70. The van der Waals surface area contributed by atoms with Crippen LogP contribution in [-0.4, -0.2) is 9.74 Å². The third-order valence-electron chi connectivity index (χ3n) is 3.33. The number of fused-ring (bicyclic) bond motifs is 1. The number of aromatic nitrogens is 1. The van der Waals surface area contributed by atoms with Gasteiger partial charge in [0, 0.05) is 10.9 Å². The van der Waals surface area contributed by atoms with Crippen LogP contribution in [0.1, 0.15) is 5.69 Å². The first kappa shape index (κ1) is 14.2. The summed E-state index contributed by atoms with van der Waals surface area (Å²) in [5.41, 5.74) is 5.66. The maximum atomic E-state index is 6.37. The summed E-state index contributed by atoms with van der Waals surface area (Å²) in [5.74, 6) is 2.66. The van der Waals surface area contributed by atoms with Crippen LogP contribution in [-0.2, 0) is 6.54 Å². The number of rotatable bonds is 4. The van der Waals surface area contributed by atoms with Crippen LogP contribution in [0.2, 0.25) is 0 Å². The Morgan fingerprint density at radius 2 is 1.86 bits per heavy atom. The second-order valence-electron chi connectivity index (χ2n) is 4.76. The van der Waals surface area contributed by atoms with Gasteiger partial charge >= 0.3 is 0 Å². The summed E-state index contributed by atoms with van der Waals surface area (Å²) in [6.07, 6.45) is 5.48. The fourth-order valence-corrected chi connectivity index (χ4v) is 2.53. The van der Waals surface area contributed by atoms with Gasteiger partial charge in [-0.2, -0.15) is 5.10 Å². The molecule has 0 radical (unpaired) electrons. The number of benzene rings is 2. The lowest BCUT2D eigenvalue weighted by molar-refractivity contribution is 0.877. The van der Waals surface area contributed by atoms with Gasteiger partial charge in [-0.1, -0.05) is 53.9 Å². The first-order valence-corrected chi connectivity index (χ1v) is 7.24. The number of hydrogen-bond donors (Lipinski definition) is 1. The molecule has 0 atom stereocenters. The summed E-state index contributed by atoms with van der Waals surface area (Å²) in [4.78, 5) is 0. The molecule has 1 aromatic heterocycles. The number of nitrogens with zero attached hydrogens (tertiary/aromatic N) is 2. The molecule has 0 spiro atoms. The molecular formula is C18H14ClN3. The van der Waals surface area contributed by atoms with Crippen LogP contribution in [0.4, 0.5) is 5.69 Å². The van der Waals surface area contributed by atoms with Gasteiger partial charge in [0.1, 0.15) is 0 Å². The highest BCUT2D eigenvalue weighted by Crippen LogP contribution is 2.21. The molecule has 3 aromatic rings. The highest BCUT2D eigenvalue weighted by atomic mass is 35.5. The van der Waals surface area contributed by atoms with Crippen molar-refractivity contribution in [2.45, 2.75) is 6.54 Å². The van der Waals surface area contributed by atoms with Gasteiger partial charge in [0.25, 0.3) is 0 Å². The van der Waals surface area contributed by atoms with Gasteiger partial charge in [0.2, 0.25) is 0 Å². The molecule has 3 nitrogen and oxygen atoms in total. The van der Waals surface area contributed by atoms with E-state index in [1.165, 1.54) is 0 Å². The minimum Gasteiger partial charge on any atom is -0.327 e. The van der Waals surface area contributed by atoms with Crippen LogP contribution in [0.5, 0.6) is 0 Å². The molecule has 4 heteroatoms. The van der Waals surface area contributed by atoms with E-state index in [9.17, 15) is 0 Å². The van der Waals surface area contributed by atoms with Crippen molar-refractivity contribution >= 4 is 33.4 Å². The molecule has 1 N–H and O–H groups in total. The summed E-state index contributed by atoms with van der Waals surface area (Å²) in [6, 6.07) is 19.7. The van der Waals surface area contributed by atoms with E-state index in [1.54, 1.807) is 0 Å². The molecule has 0 fully saturated rings. The normalized spacial score (nSPS) is 11.4. The van der Waals surface area contributed by atoms with Crippen molar-refractivity contribution in [1.82, 2.24) is 4.57 Å². The van der Waals surface area contributed by atoms with Crippen molar-refractivity contribution in [3.63, 3.8) is 0 Å². The van der Waals surface area contributed by atoms with Crippen LogP contribution in [0.25, 0.3) is 10.9 Å². The molecule has 2 aromatic carbocycles. The van der Waals surface area contributed by atoms with E-state index >= 15 is 0 Å². The van der Waals surface area contributed by atoms with Crippen LogP contribution < -0.4 is 5.43 Å². The molecule has 0 amide bonds. The van der Waals surface area contributed by atoms with E-state index < -0.39 is 0 Å². The average Bonchev–Trinajstić information content (AvgIpc) is 2.93. The molecule has 0 saturated heterocycles. The van der Waals surface area contributed by atoms with Crippen LogP contribution >= 0.6 is 11.6 Å². The Bertz CT molecular complexity index is 857. The third-order valence-corrected chi connectivity index (χ3v) is 3.61. The lowest BCUT2D eigenvalue weighted by Crippen LogP contribution is -2.06. The Morgan fingerprint density at radius 3 is 2.64 bits per heavy atom. The highest BCUT2D eigenvalue weighted by molar-refractivity contribution is 6.69. The first-order valence-electron chi connectivity index (χ1n) is 6.86. The quantitative estimate of drug-likeness (QED) is 0.435. The lowest BCUT2D eigenvalue weighted by Gasteiger charge is -2.06. The number of para-hydroxylation sites is 2. The van der Waals surface area contributed by atoms with Crippen molar-refractivity contribution in [3.05, 3.63) is 66.4 Å². The van der Waals surface area contributed by atoms with Gasteiger partial charge < -0.3 is 4.57 Å². The molecule has 0 bridgehead atoms. The summed E-state index contributed by atoms with van der Waals surface area (Å²) in [5, 5.41) is 5.70. The molecule has 0 aliphatic rings. The third kappa shape index (κ3) is 2.83. The van der Waals surface area contributed by atoms with Crippen LogP contribution in [0.3, 0.4) is 0 Å². The van der Waals surface area contributed by atoms with Gasteiger partial charge in [0.15, 0.2) is 5.17 Å². The number of nitrogens with one attached hydrogen (secondary N) is 1. The number of terminal acetylenes is 1. The maximum Gasteiger partial charge on any atom is 0.172 e. The van der Waals surface area contributed by atoms with Crippen molar-refractivity contribution in [3.8, 4) is 12.3 Å². The zero-order valence-electron chi connectivity index (χ0n) is 11.8. The van der Waals surface area contributed by atoms with Gasteiger partial charge in [-0.3, -0.25) is 5.43 Å². The van der Waals surface area contributed by atoms with Crippen molar-refractivity contribution < 1.29 is 0 Å². The summed E-state index contributed by atoms with van der Waals surface area (Å²) in [6.45, 7) is 0.444. The van der Waals surface area contributed by atoms with Crippen molar-refractivity contribution in [1.29, 1.82) is 0 Å². The molecule has 3 rings (SSSR count). The van der Waals surface area contributed by atoms with E-state index in [-0.39, 0.29) is 0 Å². The van der Waals surface area contributed by atoms with Crippen LogP contribution in [0, 0.1) is 12.3 Å². The smallest absolute Gasteiger partial charge is 0.172 e. The summed E-state index contributed by atoms with van der Waals surface area (Å²) in [7, 11) is 0. The molecule has 0 aliphatic heterocycles. The SMILES string of the molecule is C#CCn1c(/C(Cl)=N/Nc2ccccc2)cc2ccccc21. The molecule has 0 unspecified atom stereocenters. The molecular weight excluding hydrogens is 294 g/mol. The van der Waals surface area contributed by atoms with E-state index in [2.05, 4.69) is 16.4 Å². The molecule has 0 saturated carbocycles. The van der Waals surface area contributed by atoms with Gasteiger partial charge in [-0.05, 0) is 24.3 Å². The van der Waals surface area contributed by atoms with E-state index in [0.717, 1.165) is 22.3 Å². The number of hydrazone groups is 1. The molecule has 22 heavy (non-hydrogen) atoms. The predicted molar refractivity (Wildman–Crippen MR) is 93.2 cm³/mol. The van der Waals surface area contributed by atoms with E-state index in [0.29, 0.717) is 11.7 Å². The Kier molecular flexibility index (Phi) is 4.13. The second kappa shape index (κ2) is 6.38. The predicted octanol–water partition coefficient (Wildman–Crippen LogP) is 4.29. The average molecular weight is 308 g/mol. The number of hydrogen-bond acceptors (Lipinski definition) is 2. The topological polar surface area (TPSA) is 29.3 Å². The molecule has 1 heterocycles. The van der Waals surface area contributed by atoms with E-state index in [4.69, 9.17) is 18.0 Å². The van der Waals surface area contributed by atoms with Gasteiger partial charge in [-0.25, -0.2) is 0 Å². The van der Waals surface area contributed by atoms with Crippen LogP contribution in [0.15, 0.2) is 65.8 Å². The van der Waals surface area contributed by atoms with Crippen molar-refractivity contribution in [2.24, 2.45) is 5.10 Å². The first-order chi connectivity index (χ1) is 10.8. The molecule has 108 valence electrons. The minimum atomic E-state index is 0.371. The van der Waals surface area contributed by atoms with Crippen molar-refractivity contribution in [2.75, 3.05) is 5.43 Å². The largest absolute Gasteiger partial charge is 0.327 e. The Balaban J connectivity index is 1.98.